The molecule has 1 saturated carbocycles. The third kappa shape index (κ3) is 1.68. The van der Waals surface area contributed by atoms with Gasteiger partial charge in [0.05, 0.1) is 11.1 Å². The minimum absolute atomic E-state index is 0.201. The van der Waals surface area contributed by atoms with Gasteiger partial charge in [0.2, 0.25) is 5.89 Å². The molecule has 6 heteroatoms. The Labute approximate surface area is 94.4 Å². The van der Waals surface area contributed by atoms with Gasteiger partial charge in [-0.05, 0) is 31.0 Å². The Balaban J connectivity index is 2.11. The zero-order chi connectivity index (χ0) is 12.3. The summed E-state index contributed by atoms with van der Waals surface area (Å²) in [6.07, 6.45) is -2.86. The number of alkyl halides is 3. The summed E-state index contributed by atoms with van der Waals surface area (Å²) in [6, 6.07) is 3.24. The molecule has 1 aromatic carbocycles. The van der Waals surface area contributed by atoms with Crippen molar-refractivity contribution in [2.75, 3.05) is 0 Å². The molecule has 1 aliphatic rings. The fourth-order valence-corrected chi connectivity index (χ4v) is 1.67. The van der Waals surface area contributed by atoms with E-state index in [2.05, 4.69) is 4.98 Å². The summed E-state index contributed by atoms with van der Waals surface area (Å²) < 4.78 is 42.8. The van der Waals surface area contributed by atoms with Gasteiger partial charge in [0.1, 0.15) is 5.52 Å². The molecule has 90 valence electrons. The first-order valence-corrected chi connectivity index (χ1v) is 5.16. The summed E-state index contributed by atoms with van der Waals surface area (Å²) in [6.45, 7) is 0. The average molecular weight is 242 g/mol. The zero-order valence-corrected chi connectivity index (χ0v) is 8.71. The Hall–Kier alpha value is -1.56. The monoisotopic (exact) mass is 242 g/mol. The lowest BCUT2D eigenvalue weighted by Gasteiger charge is -2.04. The summed E-state index contributed by atoms with van der Waals surface area (Å²) in [5.41, 5.74) is 5.11. The van der Waals surface area contributed by atoms with Crippen LogP contribution >= 0.6 is 0 Å². The lowest BCUT2D eigenvalue weighted by atomic mass is 10.2. The molecule has 3 nitrogen and oxygen atoms in total. The van der Waals surface area contributed by atoms with Crippen LogP contribution in [0.1, 0.15) is 24.3 Å². The maximum atomic E-state index is 12.5. The maximum Gasteiger partial charge on any atom is 0.416 e. The van der Waals surface area contributed by atoms with Crippen LogP contribution in [0.2, 0.25) is 0 Å². The minimum atomic E-state index is -4.37. The summed E-state index contributed by atoms with van der Waals surface area (Å²) in [4.78, 5) is 4.03. The number of fused-ring (bicyclic) bond motifs is 1. The fraction of sp³-hybridized carbons (Fsp3) is 0.364. The van der Waals surface area contributed by atoms with Gasteiger partial charge in [-0.1, -0.05) is 0 Å². The average Bonchev–Trinajstić information content (AvgIpc) is 2.85. The molecule has 0 unspecified atom stereocenters. The van der Waals surface area contributed by atoms with E-state index in [1.807, 2.05) is 0 Å². The predicted octanol–water partition coefficient (Wildman–Crippen LogP) is 2.79. The first kappa shape index (κ1) is 10.6. The standard InChI is InChI=1S/C11H9F3N2O/c12-11(13,14)6-1-2-8-7(5-6)16-9(17-8)10(15)3-4-10/h1-2,5H,3-4,15H2. The molecule has 0 amide bonds. The van der Waals surface area contributed by atoms with E-state index in [-0.39, 0.29) is 5.52 Å². The van der Waals surface area contributed by atoms with Gasteiger partial charge in [0.25, 0.3) is 0 Å². The molecule has 0 saturated heterocycles. The SMILES string of the molecule is NC1(c2nc3cc(C(F)(F)F)ccc3o2)CC1. The summed E-state index contributed by atoms with van der Waals surface area (Å²) >= 11 is 0. The van der Waals surface area contributed by atoms with Crippen LogP contribution < -0.4 is 5.73 Å². The number of benzene rings is 1. The summed E-state index contributed by atoms with van der Waals surface area (Å²) in [5, 5.41) is 0. The molecule has 1 aliphatic carbocycles. The minimum Gasteiger partial charge on any atom is -0.439 e. The van der Waals surface area contributed by atoms with Crippen molar-refractivity contribution in [1.29, 1.82) is 0 Å². The fourth-order valence-electron chi connectivity index (χ4n) is 1.67. The molecule has 1 aromatic heterocycles. The molecule has 1 fully saturated rings. The van der Waals surface area contributed by atoms with Gasteiger partial charge in [-0.25, -0.2) is 4.98 Å². The van der Waals surface area contributed by atoms with Gasteiger partial charge in [-0.15, -0.1) is 0 Å². The van der Waals surface area contributed by atoms with Crippen molar-refractivity contribution < 1.29 is 17.6 Å². The highest BCUT2D eigenvalue weighted by Gasteiger charge is 2.45. The van der Waals surface area contributed by atoms with E-state index in [0.717, 1.165) is 25.0 Å². The van der Waals surface area contributed by atoms with Crippen molar-refractivity contribution in [2.24, 2.45) is 5.73 Å². The van der Waals surface area contributed by atoms with Crippen molar-refractivity contribution in [1.82, 2.24) is 4.98 Å². The van der Waals surface area contributed by atoms with Crippen LogP contribution in [0.5, 0.6) is 0 Å². The maximum absolute atomic E-state index is 12.5. The van der Waals surface area contributed by atoms with Crippen LogP contribution in [-0.4, -0.2) is 4.98 Å². The molecule has 2 N–H and O–H groups in total. The van der Waals surface area contributed by atoms with Crippen LogP contribution in [0.15, 0.2) is 22.6 Å². The van der Waals surface area contributed by atoms with E-state index >= 15 is 0 Å². The Morgan fingerprint density at radius 2 is 2.00 bits per heavy atom. The summed E-state index contributed by atoms with van der Waals surface area (Å²) in [7, 11) is 0. The highest BCUT2D eigenvalue weighted by atomic mass is 19.4. The van der Waals surface area contributed by atoms with E-state index in [1.54, 1.807) is 0 Å². The van der Waals surface area contributed by atoms with E-state index in [4.69, 9.17) is 10.2 Å². The van der Waals surface area contributed by atoms with Gasteiger partial charge in [0, 0.05) is 0 Å². The molecule has 3 rings (SSSR count). The lowest BCUT2D eigenvalue weighted by molar-refractivity contribution is -0.137. The second-order valence-electron chi connectivity index (χ2n) is 4.36. The number of aromatic nitrogens is 1. The highest BCUT2D eigenvalue weighted by Crippen LogP contribution is 2.43. The largest absolute Gasteiger partial charge is 0.439 e. The van der Waals surface area contributed by atoms with Crippen LogP contribution in [0.25, 0.3) is 11.1 Å². The van der Waals surface area contributed by atoms with Crippen molar-refractivity contribution >= 4 is 11.1 Å². The van der Waals surface area contributed by atoms with Gasteiger partial charge >= 0.3 is 6.18 Å². The van der Waals surface area contributed by atoms with Gasteiger partial charge < -0.3 is 10.2 Å². The van der Waals surface area contributed by atoms with Gasteiger partial charge in [-0.3, -0.25) is 0 Å². The number of nitrogens with two attached hydrogens (primary N) is 1. The van der Waals surface area contributed by atoms with Crippen LogP contribution in [0.4, 0.5) is 13.2 Å². The summed E-state index contributed by atoms with van der Waals surface area (Å²) in [5.74, 6) is 0.326. The molecular formula is C11H9F3N2O. The third-order valence-electron chi connectivity index (χ3n) is 2.93. The molecular weight excluding hydrogens is 233 g/mol. The van der Waals surface area contributed by atoms with E-state index < -0.39 is 17.3 Å². The number of halogens is 3. The van der Waals surface area contributed by atoms with E-state index in [0.29, 0.717) is 11.5 Å². The molecule has 1 heterocycles. The number of oxazole rings is 1. The Bertz CT molecular complexity index is 581. The molecule has 0 radical (unpaired) electrons. The molecule has 0 spiro atoms. The Kier molecular flexibility index (Phi) is 1.87. The zero-order valence-electron chi connectivity index (χ0n) is 8.71. The number of nitrogens with zero attached hydrogens (tertiary/aromatic N) is 1. The van der Waals surface area contributed by atoms with E-state index in [1.165, 1.54) is 6.07 Å². The molecule has 2 aromatic rings. The smallest absolute Gasteiger partial charge is 0.416 e. The van der Waals surface area contributed by atoms with Crippen molar-refractivity contribution in [2.45, 2.75) is 24.6 Å². The molecule has 0 atom stereocenters. The van der Waals surface area contributed by atoms with Gasteiger partial charge in [-0.2, -0.15) is 13.2 Å². The first-order valence-electron chi connectivity index (χ1n) is 5.16. The number of rotatable bonds is 1. The first-order chi connectivity index (χ1) is 7.88. The lowest BCUT2D eigenvalue weighted by Crippen LogP contribution is -2.18. The molecule has 17 heavy (non-hydrogen) atoms. The van der Waals surface area contributed by atoms with Crippen LogP contribution in [0, 0.1) is 0 Å². The predicted molar refractivity (Wildman–Crippen MR) is 54.1 cm³/mol. The van der Waals surface area contributed by atoms with Crippen molar-refractivity contribution in [3.63, 3.8) is 0 Å². The molecule has 0 bridgehead atoms. The Morgan fingerprint density at radius 3 is 2.59 bits per heavy atom. The third-order valence-corrected chi connectivity index (χ3v) is 2.93. The van der Waals surface area contributed by atoms with E-state index in [9.17, 15) is 13.2 Å². The normalized spacial score (nSPS) is 18.6. The quantitative estimate of drug-likeness (QED) is 0.836. The van der Waals surface area contributed by atoms with Gasteiger partial charge in [0.15, 0.2) is 5.58 Å². The number of hydrogen-bond donors (Lipinski definition) is 1. The van der Waals surface area contributed by atoms with Crippen LogP contribution in [0.3, 0.4) is 0 Å². The molecule has 0 aliphatic heterocycles. The Morgan fingerprint density at radius 1 is 1.29 bits per heavy atom. The second-order valence-corrected chi connectivity index (χ2v) is 4.36. The highest BCUT2D eigenvalue weighted by molar-refractivity contribution is 5.73. The number of hydrogen-bond acceptors (Lipinski definition) is 3. The van der Waals surface area contributed by atoms with Crippen molar-refractivity contribution in [3.8, 4) is 0 Å². The van der Waals surface area contributed by atoms with Crippen molar-refractivity contribution in [3.05, 3.63) is 29.7 Å². The second kappa shape index (κ2) is 3.01. The topological polar surface area (TPSA) is 52.0 Å². The van der Waals surface area contributed by atoms with Crippen LogP contribution in [-0.2, 0) is 11.7 Å².